The normalized spacial score (nSPS) is 22.7. The standard InChI is InChI=1S/C17H26N2/c1-14-7-6-8-16(15(14)2)19-12-11-18-13-17(19)9-4-3-5-10-17/h6-8,18H,3-5,9-13H2,1-2H3. The number of piperazine rings is 1. The molecule has 1 saturated carbocycles. The van der Waals surface area contributed by atoms with Crippen LogP contribution in [0.5, 0.6) is 0 Å². The average Bonchev–Trinajstić information content (AvgIpc) is 2.44. The van der Waals surface area contributed by atoms with Gasteiger partial charge in [-0.25, -0.2) is 0 Å². The molecule has 0 radical (unpaired) electrons. The van der Waals surface area contributed by atoms with Crippen molar-refractivity contribution in [1.82, 2.24) is 5.32 Å². The van der Waals surface area contributed by atoms with E-state index in [0.29, 0.717) is 5.54 Å². The Bertz CT molecular complexity index is 438. The van der Waals surface area contributed by atoms with E-state index in [1.165, 1.54) is 55.5 Å². The molecule has 104 valence electrons. The van der Waals surface area contributed by atoms with Gasteiger partial charge in [0.15, 0.2) is 0 Å². The van der Waals surface area contributed by atoms with Crippen LogP contribution >= 0.6 is 0 Å². The van der Waals surface area contributed by atoms with Gasteiger partial charge in [-0.15, -0.1) is 0 Å². The third-order valence-corrected chi connectivity index (χ3v) is 5.19. The molecule has 1 aromatic carbocycles. The zero-order valence-electron chi connectivity index (χ0n) is 12.3. The fourth-order valence-corrected chi connectivity index (χ4v) is 3.91. The van der Waals surface area contributed by atoms with Gasteiger partial charge >= 0.3 is 0 Å². The third kappa shape index (κ3) is 2.27. The number of rotatable bonds is 1. The molecule has 0 aromatic heterocycles. The number of hydrogen-bond donors (Lipinski definition) is 1. The Balaban J connectivity index is 1.98. The second-order valence-electron chi connectivity index (χ2n) is 6.33. The maximum absolute atomic E-state index is 3.64. The van der Waals surface area contributed by atoms with E-state index in [4.69, 9.17) is 0 Å². The summed E-state index contributed by atoms with van der Waals surface area (Å²) in [5.74, 6) is 0. The minimum absolute atomic E-state index is 0.384. The highest BCUT2D eigenvalue weighted by Crippen LogP contribution is 2.39. The number of nitrogens with zero attached hydrogens (tertiary/aromatic N) is 1. The number of hydrogen-bond acceptors (Lipinski definition) is 2. The maximum atomic E-state index is 3.64. The molecule has 2 nitrogen and oxygen atoms in total. The van der Waals surface area contributed by atoms with E-state index >= 15 is 0 Å². The van der Waals surface area contributed by atoms with E-state index < -0.39 is 0 Å². The summed E-state index contributed by atoms with van der Waals surface area (Å²) in [6.45, 7) is 7.96. The van der Waals surface area contributed by atoms with Gasteiger partial charge in [0, 0.05) is 25.3 Å². The van der Waals surface area contributed by atoms with E-state index in [2.05, 4.69) is 42.3 Å². The minimum Gasteiger partial charge on any atom is -0.363 e. The molecule has 0 amide bonds. The highest BCUT2D eigenvalue weighted by Gasteiger charge is 2.40. The van der Waals surface area contributed by atoms with Gasteiger partial charge in [-0.2, -0.15) is 0 Å². The molecule has 2 heteroatoms. The zero-order chi connectivity index (χ0) is 13.3. The van der Waals surface area contributed by atoms with Gasteiger partial charge in [0.25, 0.3) is 0 Å². The van der Waals surface area contributed by atoms with Crippen molar-refractivity contribution in [1.29, 1.82) is 0 Å². The lowest BCUT2D eigenvalue weighted by Gasteiger charge is -2.51. The molecule has 0 bridgehead atoms. The van der Waals surface area contributed by atoms with Gasteiger partial charge in [0.2, 0.25) is 0 Å². The number of anilines is 1. The Morgan fingerprint density at radius 2 is 1.89 bits per heavy atom. The Hall–Kier alpha value is -1.02. The van der Waals surface area contributed by atoms with Gasteiger partial charge in [0.1, 0.15) is 0 Å². The number of aryl methyl sites for hydroxylation is 1. The van der Waals surface area contributed by atoms with Gasteiger partial charge in [-0.1, -0.05) is 31.4 Å². The molecule has 1 aliphatic carbocycles. The first-order chi connectivity index (χ1) is 9.23. The van der Waals surface area contributed by atoms with Crippen molar-refractivity contribution in [3.8, 4) is 0 Å². The summed E-state index contributed by atoms with van der Waals surface area (Å²) < 4.78 is 0. The first-order valence-electron chi connectivity index (χ1n) is 7.78. The van der Waals surface area contributed by atoms with Crippen molar-refractivity contribution in [2.75, 3.05) is 24.5 Å². The lowest BCUT2D eigenvalue weighted by atomic mass is 9.78. The fourth-order valence-electron chi connectivity index (χ4n) is 3.91. The summed E-state index contributed by atoms with van der Waals surface area (Å²) in [7, 11) is 0. The SMILES string of the molecule is Cc1cccc(N2CCNCC23CCCCC3)c1C. The molecular weight excluding hydrogens is 232 g/mol. The predicted octanol–water partition coefficient (Wildman–Crippen LogP) is 3.42. The Labute approximate surface area is 117 Å². The third-order valence-electron chi connectivity index (χ3n) is 5.19. The predicted molar refractivity (Wildman–Crippen MR) is 81.9 cm³/mol. The molecule has 1 spiro atoms. The van der Waals surface area contributed by atoms with Gasteiger partial charge in [-0.3, -0.25) is 0 Å². The van der Waals surface area contributed by atoms with Crippen LogP contribution < -0.4 is 10.2 Å². The van der Waals surface area contributed by atoms with E-state index in [0.717, 1.165) is 13.1 Å². The van der Waals surface area contributed by atoms with Crippen LogP contribution in [-0.2, 0) is 0 Å². The molecule has 2 fully saturated rings. The largest absolute Gasteiger partial charge is 0.363 e. The maximum Gasteiger partial charge on any atom is 0.0527 e. The van der Waals surface area contributed by atoms with Gasteiger partial charge < -0.3 is 10.2 Å². The molecule has 3 rings (SSSR count). The molecule has 0 atom stereocenters. The van der Waals surface area contributed by atoms with Crippen LogP contribution in [0.1, 0.15) is 43.2 Å². The van der Waals surface area contributed by atoms with Crippen LogP contribution in [0.3, 0.4) is 0 Å². The summed E-state index contributed by atoms with van der Waals surface area (Å²) in [6.07, 6.45) is 6.91. The van der Waals surface area contributed by atoms with Crippen LogP contribution in [0, 0.1) is 13.8 Å². The van der Waals surface area contributed by atoms with Crippen molar-refractivity contribution in [3.63, 3.8) is 0 Å². The smallest absolute Gasteiger partial charge is 0.0527 e. The molecule has 0 unspecified atom stereocenters. The van der Waals surface area contributed by atoms with Gasteiger partial charge in [-0.05, 0) is 43.9 Å². The fraction of sp³-hybridized carbons (Fsp3) is 0.647. The lowest BCUT2D eigenvalue weighted by Crippen LogP contribution is -2.62. The van der Waals surface area contributed by atoms with Crippen LogP contribution in [0.25, 0.3) is 0 Å². The molecule has 1 aromatic rings. The summed E-state index contributed by atoms with van der Waals surface area (Å²) >= 11 is 0. The highest BCUT2D eigenvalue weighted by molar-refractivity contribution is 5.58. The molecule has 19 heavy (non-hydrogen) atoms. The summed E-state index contributed by atoms with van der Waals surface area (Å²) in [4.78, 5) is 2.73. The average molecular weight is 258 g/mol. The van der Waals surface area contributed by atoms with Gasteiger partial charge in [0.05, 0.1) is 5.54 Å². The van der Waals surface area contributed by atoms with Crippen LogP contribution in [0.15, 0.2) is 18.2 Å². The van der Waals surface area contributed by atoms with Crippen molar-refractivity contribution in [2.45, 2.75) is 51.5 Å². The lowest BCUT2D eigenvalue weighted by molar-refractivity contribution is 0.241. The van der Waals surface area contributed by atoms with Crippen molar-refractivity contribution in [2.24, 2.45) is 0 Å². The summed E-state index contributed by atoms with van der Waals surface area (Å²) in [5, 5.41) is 3.64. The highest BCUT2D eigenvalue weighted by atomic mass is 15.3. The molecule has 1 aliphatic heterocycles. The quantitative estimate of drug-likeness (QED) is 0.830. The van der Waals surface area contributed by atoms with Crippen molar-refractivity contribution < 1.29 is 0 Å². The summed E-state index contributed by atoms with van der Waals surface area (Å²) in [6, 6.07) is 6.77. The first kappa shape index (κ1) is 13.0. The summed E-state index contributed by atoms with van der Waals surface area (Å²) in [5.41, 5.74) is 4.74. The van der Waals surface area contributed by atoms with Crippen molar-refractivity contribution in [3.05, 3.63) is 29.3 Å². The zero-order valence-corrected chi connectivity index (χ0v) is 12.3. The topological polar surface area (TPSA) is 15.3 Å². The van der Waals surface area contributed by atoms with E-state index in [1.54, 1.807) is 0 Å². The Morgan fingerprint density at radius 1 is 1.11 bits per heavy atom. The van der Waals surface area contributed by atoms with Crippen molar-refractivity contribution >= 4 is 5.69 Å². The van der Waals surface area contributed by atoms with E-state index in [9.17, 15) is 0 Å². The first-order valence-corrected chi connectivity index (χ1v) is 7.78. The monoisotopic (exact) mass is 258 g/mol. The molecule has 1 heterocycles. The van der Waals surface area contributed by atoms with E-state index in [-0.39, 0.29) is 0 Å². The molecule has 1 saturated heterocycles. The Morgan fingerprint density at radius 3 is 2.68 bits per heavy atom. The second kappa shape index (κ2) is 5.16. The van der Waals surface area contributed by atoms with Crippen LogP contribution in [-0.4, -0.2) is 25.2 Å². The van der Waals surface area contributed by atoms with Crippen LogP contribution in [0.2, 0.25) is 0 Å². The number of nitrogens with one attached hydrogen (secondary N) is 1. The molecule has 1 N–H and O–H groups in total. The Kier molecular flexibility index (Phi) is 3.53. The van der Waals surface area contributed by atoms with Crippen LogP contribution in [0.4, 0.5) is 5.69 Å². The number of benzene rings is 1. The molecular formula is C17H26N2. The minimum atomic E-state index is 0.384. The second-order valence-corrected chi connectivity index (χ2v) is 6.33. The molecule has 2 aliphatic rings. The van der Waals surface area contributed by atoms with E-state index in [1.807, 2.05) is 0 Å².